The minimum Gasteiger partial charge on any atom is -0.300 e. The highest BCUT2D eigenvalue weighted by Gasteiger charge is 2.15. The Bertz CT molecular complexity index is 298. The molecule has 0 saturated carbocycles. The van der Waals surface area contributed by atoms with Crippen molar-refractivity contribution >= 4 is 6.29 Å². The molecule has 1 unspecified atom stereocenters. The molecule has 0 amide bonds. The molecule has 0 aromatic heterocycles. The topological polar surface area (TPSA) is 17.1 Å². The van der Waals surface area contributed by atoms with Crippen LogP contribution in [0, 0.1) is 11.6 Å². The molecule has 0 N–H and O–H groups in total. The SMILES string of the molecule is O=CC(F)c1cccc(F)c1F. The molecule has 0 saturated heterocycles. The molecule has 4 heteroatoms. The number of aldehydes is 1. The van der Waals surface area contributed by atoms with Crippen molar-refractivity contribution in [2.45, 2.75) is 6.17 Å². The average Bonchev–Trinajstić information content (AvgIpc) is 2.08. The van der Waals surface area contributed by atoms with E-state index in [1.54, 1.807) is 0 Å². The summed E-state index contributed by atoms with van der Waals surface area (Å²) in [7, 11) is 0. The molecule has 0 radical (unpaired) electrons. The Kier molecular flexibility index (Phi) is 2.47. The molecule has 0 aliphatic heterocycles. The molecule has 0 fully saturated rings. The summed E-state index contributed by atoms with van der Waals surface area (Å²) in [5.41, 5.74) is -0.565. The van der Waals surface area contributed by atoms with Crippen molar-refractivity contribution in [3.8, 4) is 0 Å². The first-order chi connectivity index (χ1) is 5.66. The predicted molar refractivity (Wildman–Crippen MR) is 36.3 cm³/mol. The Hall–Kier alpha value is -1.32. The first-order valence-electron chi connectivity index (χ1n) is 3.20. The highest BCUT2D eigenvalue weighted by Crippen LogP contribution is 2.20. The van der Waals surface area contributed by atoms with Gasteiger partial charge < -0.3 is 0 Å². The van der Waals surface area contributed by atoms with Crippen molar-refractivity contribution in [3.63, 3.8) is 0 Å². The van der Waals surface area contributed by atoms with E-state index in [0.29, 0.717) is 0 Å². The molecule has 1 atom stereocenters. The van der Waals surface area contributed by atoms with Crippen molar-refractivity contribution < 1.29 is 18.0 Å². The van der Waals surface area contributed by atoms with Gasteiger partial charge in [-0.05, 0) is 6.07 Å². The number of carbonyl (C=O) groups excluding carboxylic acids is 1. The molecule has 0 heterocycles. The van der Waals surface area contributed by atoms with Gasteiger partial charge in [-0.25, -0.2) is 13.2 Å². The number of hydrogen-bond acceptors (Lipinski definition) is 1. The van der Waals surface area contributed by atoms with E-state index in [0.717, 1.165) is 18.2 Å². The number of benzene rings is 1. The van der Waals surface area contributed by atoms with Crippen LogP contribution in [0.2, 0.25) is 0 Å². The van der Waals surface area contributed by atoms with Crippen LogP contribution in [0.1, 0.15) is 11.7 Å². The van der Waals surface area contributed by atoms with Gasteiger partial charge in [-0.1, -0.05) is 12.1 Å². The maximum atomic E-state index is 12.7. The van der Waals surface area contributed by atoms with Gasteiger partial charge in [0.2, 0.25) is 0 Å². The lowest BCUT2D eigenvalue weighted by Gasteiger charge is -2.02. The summed E-state index contributed by atoms with van der Waals surface area (Å²) in [5, 5.41) is 0. The van der Waals surface area contributed by atoms with E-state index >= 15 is 0 Å². The Morgan fingerprint density at radius 3 is 2.58 bits per heavy atom. The second-order valence-electron chi connectivity index (χ2n) is 2.18. The number of rotatable bonds is 2. The molecule has 0 bridgehead atoms. The lowest BCUT2D eigenvalue weighted by molar-refractivity contribution is -0.112. The lowest BCUT2D eigenvalue weighted by atomic mass is 10.1. The zero-order valence-corrected chi connectivity index (χ0v) is 5.93. The third-order valence-electron chi connectivity index (χ3n) is 1.40. The molecule has 64 valence electrons. The third kappa shape index (κ3) is 1.47. The lowest BCUT2D eigenvalue weighted by Crippen LogP contribution is -1.98. The van der Waals surface area contributed by atoms with E-state index < -0.39 is 23.4 Å². The summed E-state index contributed by atoms with van der Waals surface area (Å²) in [6, 6.07) is 3.03. The van der Waals surface area contributed by atoms with E-state index in [1.165, 1.54) is 0 Å². The average molecular weight is 174 g/mol. The van der Waals surface area contributed by atoms with Crippen molar-refractivity contribution in [2.24, 2.45) is 0 Å². The molecule has 0 aliphatic rings. The molecular formula is C8H5F3O. The van der Waals surface area contributed by atoms with E-state index in [9.17, 15) is 18.0 Å². The summed E-state index contributed by atoms with van der Waals surface area (Å²) < 4.78 is 37.6. The monoisotopic (exact) mass is 174 g/mol. The molecular weight excluding hydrogens is 169 g/mol. The third-order valence-corrected chi connectivity index (χ3v) is 1.40. The van der Waals surface area contributed by atoms with E-state index in [-0.39, 0.29) is 6.29 Å². The van der Waals surface area contributed by atoms with Crippen LogP contribution < -0.4 is 0 Å². The number of alkyl halides is 1. The molecule has 1 nitrogen and oxygen atoms in total. The van der Waals surface area contributed by atoms with Gasteiger partial charge in [-0.3, -0.25) is 4.79 Å². The molecule has 0 aliphatic carbocycles. The van der Waals surface area contributed by atoms with Crippen LogP contribution in [-0.4, -0.2) is 6.29 Å². The minimum absolute atomic E-state index is 0.0855. The summed E-state index contributed by atoms with van der Waals surface area (Å²) in [6.45, 7) is 0. The van der Waals surface area contributed by atoms with Crippen molar-refractivity contribution in [3.05, 3.63) is 35.4 Å². The Morgan fingerprint density at radius 2 is 2.00 bits per heavy atom. The van der Waals surface area contributed by atoms with E-state index in [1.807, 2.05) is 0 Å². The molecule has 12 heavy (non-hydrogen) atoms. The van der Waals surface area contributed by atoms with Gasteiger partial charge in [0.15, 0.2) is 24.1 Å². The first kappa shape index (κ1) is 8.77. The van der Waals surface area contributed by atoms with Gasteiger partial charge in [-0.15, -0.1) is 0 Å². The molecule has 1 aromatic carbocycles. The second-order valence-corrected chi connectivity index (χ2v) is 2.18. The smallest absolute Gasteiger partial charge is 0.183 e. The summed E-state index contributed by atoms with van der Waals surface area (Å²) in [5.74, 6) is -2.46. The zero-order chi connectivity index (χ0) is 9.14. The van der Waals surface area contributed by atoms with Gasteiger partial charge >= 0.3 is 0 Å². The van der Waals surface area contributed by atoms with Crippen molar-refractivity contribution in [2.75, 3.05) is 0 Å². The van der Waals surface area contributed by atoms with Gasteiger partial charge in [0, 0.05) is 5.56 Å². The van der Waals surface area contributed by atoms with Gasteiger partial charge in [-0.2, -0.15) is 0 Å². The highest BCUT2D eigenvalue weighted by molar-refractivity contribution is 5.59. The second kappa shape index (κ2) is 3.38. The van der Waals surface area contributed by atoms with Gasteiger partial charge in [0.25, 0.3) is 0 Å². The fourth-order valence-corrected chi connectivity index (χ4v) is 0.807. The maximum Gasteiger partial charge on any atom is 0.183 e. The zero-order valence-electron chi connectivity index (χ0n) is 5.93. The van der Waals surface area contributed by atoms with Crippen LogP contribution >= 0.6 is 0 Å². The van der Waals surface area contributed by atoms with Crippen LogP contribution in [0.25, 0.3) is 0 Å². The quantitative estimate of drug-likeness (QED) is 0.628. The fourth-order valence-electron chi connectivity index (χ4n) is 0.807. The normalized spacial score (nSPS) is 12.6. The van der Waals surface area contributed by atoms with Gasteiger partial charge in [0.1, 0.15) is 0 Å². The van der Waals surface area contributed by atoms with Crippen LogP contribution in [0.5, 0.6) is 0 Å². The largest absolute Gasteiger partial charge is 0.300 e. The minimum atomic E-state index is -2.10. The summed E-state index contributed by atoms with van der Waals surface area (Å²) in [6.07, 6.45) is -2.18. The van der Waals surface area contributed by atoms with Crippen molar-refractivity contribution in [1.29, 1.82) is 0 Å². The maximum absolute atomic E-state index is 12.7. The van der Waals surface area contributed by atoms with Crippen LogP contribution in [0.3, 0.4) is 0 Å². The van der Waals surface area contributed by atoms with Crippen LogP contribution in [0.15, 0.2) is 18.2 Å². The van der Waals surface area contributed by atoms with Crippen LogP contribution in [0.4, 0.5) is 13.2 Å². The fraction of sp³-hybridized carbons (Fsp3) is 0.125. The van der Waals surface area contributed by atoms with E-state index in [2.05, 4.69) is 0 Å². The summed E-state index contributed by atoms with van der Waals surface area (Å²) >= 11 is 0. The predicted octanol–water partition coefficient (Wildman–Crippen LogP) is 2.17. The first-order valence-corrected chi connectivity index (χ1v) is 3.20. The van der Waals surface area contributed by atoms with Gasteiger partial charge in [0.05, 0.1) is 0 Å². The number of hydrogen-bond donors (Lipinski definition) is 0. The standard InChI is InChI=1S/C8H5F3O/c9-6-3-1-2-5(8(6)11)7(10)4-12/h1-4,7H. The Labute approximate surface area is 66.8 Å². The Morgan fingerprint density at radius 1 is 1.33 bits per heavy atom. The van der Waals surface area contributed by atoms with E-state index in [4.69, 9.17) is 0 Å². The molecule has 0 spiro atoms. The number of carbonyl (C=O) groups is 1. The van der Waals surface area contributed by atoms with Crippen molar-refractivity contribution in [1.82, 2.24) is 0 Å². The highest BCUT2D eigenvalue weighted by atomic mass is 19.2. The van der Waals surface area contributed by atoms with Crippen LogP contribution in [-0.2, 0) is 4.79 Å². The Balaban J connectivity index is 3.15. The summed E-state index contributed by atoms with van der Waals surface area (Å²) in [4.78, 5) is 9.90. The number of halogens is 3. The molecule has 1 rings (SSSR count). The molecule has 1 aromatic rings.